The van der Waals surface area contributed by atoms with Crippen LogP contribution < -0.4 is 5.32 Å². The Hall–Kier alpha value is -1.31. The molecule has 1 atom stereocenters. The molecule has 2 heteroatoms. The molecule has 0 bridgehead atoms. The predicted octanol–water partition coefficient (Wildman–Crippen LogP) is 4.93. The van der Waals surface area contributed by atoms with Crippen molar-refractivity contribution in [2.45, 2.75) is 32.7 Å². The van der Waals surface area contributed by atoms with E-state index in [1.165, 1.54) is 11.1 Å². The molecule has 0 aliphatic rings. The van der Waals surface area contributed by atoms with Crippen molar-refractivity contribution in [1.29, 1.82) is 0 Å². The van der Waals surface area contributed by atoms with E-state index in [1.807, 2.05) is 6.92 Å². The SMILES string of the molecule is CCCNC(Cc1ccccc1)c1ccc(C)c(Cl)c1. The molecule has 0 amide bonds. The van der Waals surface area contributed by atoms with Crippen LogP contribution in [0.15, 0.2) is 48.5 Å². The van der Waals surface area contributed by atoms with Gasteiger partial charge in [-0.2, -0.15) is 0 Å². The van der Waals surface area contributed by atoms with Crippen LogP contribution in [-0.2, 0) is 6.42 Å². The Labute approximate surface area is 127 Å². The Morgan fingerprint density at radius 3 is 2.50 bits per heavy atom. The minimum atomic E-state index is 0.315. The number of hydrogen-bond donors (Lipinski definition) is 1. The molecule has 0 saturated heterocycles. The molecule has 0 aliphatic carbocycles. The molecule has 20 heavy (non-hydrogen) atoms. The van der Waals surface area contributed by atoms with Crippen molar-refractivity contribution in [3.05, 3.63) is 70.2 Å². The van der Waals surface area contributed by atoms with Gasteiger partial charge < -0.3 is 5.32 Å². The average Bonchev–Trinajstić information content (AvgIpc) is 2.47. The van der Waals surface area contributed by atoms with E-state index in [2.05, 4.69) is 60.8 Å². The van der Waals surface area contributed by atoms with Crippen molar-refractivity contribution in [2.75, 3.05) is 6.54 Å². The minimum absolute atomic E-state index is 0.315. The van der Waals surface area contributed by atoms with E-state index in [1.54, 1.807) is 0 Å². The fourth-order valence-corrected chi connectivity index (χ4v) is 2.49. The molecule has 0 aliphatic heterocycles. The van der Waals surface area contributed by atoms with Crippen molar-refractivity contribution >= 4 is 11.6 Å². The fraction of sp³-hybridized carbons (Fsp3) is 0.333. The zero-order valence-electron chi connectivity index (χ0n) is 12.2. The van der Waals surface area contributed by atoms with Gasteiger partial charge in [0.25, 0.3) is 0 Å². The third-order valence-corrected chi connectivity index (χ3v) is 3.93. The van der Waals surface area contributed by atoms with Crippen LogP contribution in [0.2, 0.25) is 5.02 Å². The highest BCUT2D eigenvalue weighted by molar-refractivity contribution is 6.31. The Morgan fingerprint density at radius 2 is 1.85 bits per heavy atom. The van der Waals surface area contributed by atoms with Crippen LogP contribution in [0.25, 0.3) is 0 Å². The zero-order valence-corrected chi connectivity index (χ0v) is 13.0. The van der Waals surface area contributed by atoms with Gasteiger partial charge in [0.2, 0.25) is 0 Å². The largest absolute Gasteiger partial charge is 0.310 e. The maximum Gasteiger partial charge on any atom is 0.0438 e. The molecule has 106 valence electrons. The summed E-state index contributed by atoms with van der Waals surface area (Å²) in [5, 5.41) is 4.47. The highest BCUT2D eigenvalue weighted by Gasteiger charge is 2.12. The van der Waals surface area contributed by atoms with Crippen LogP contribution in [0.4, 0.5) is 0 Å². The lowest BCUT2D eigenvalue weighted by molar-refractivity contribution is 0.529. The molecule has 1 nitrogen and oxygen atoms in total. The van der Waals surface area contributed by atoms with Crippen LogP contribution in [0.5, 0.6) is 0 Å². The summed E-state index contributed by atoms with van der Waals surface area (Å²) in [4.78, 5) is 0. The van der Waals surface area contributed by atoms with Crippen LogP contribution in [0.3, 0.4) is 0 Å². The third-order valence-electron chi connectivity index (χ3n) is 3.52. The normalized spacial score (nSPS) is 12.3. The van der Waals surface area contributed by atoms with Gasteiger partial charge in [0.05, 0.1) is 0 Å². The highest BCUT2D eigenvalue weighted by atomic mass is 35.5. The molecule has 0 heterocycles. The van der Waals surface area contributed by atoms with Crippen LogP contribution in [-0.4, -0.2) is 6.54 Å². The summed E-state index contributed by atoms with van der Waals surface area (Å²) in [6.45, 7) is 5.25. The molecular formula is C18H22ClN. The maximum atomic E-state index is 6.27. The molecule has 2 aromatic rings. The van der Waals surface area contributed by atoms with Crippen molar-refractivity contribution in [3.63, 3.8) is 0 Å². The minimum Gasteiger partial charge on any atom is -0.310 e. The highest BCUT2D eigenvalue weighted by Crippen LogP contribution is 2.24. The smallest absolute Gasteiger partial charge is 0.0438 e. The van der Waals surface area contributed by atoms with Crippen molar-refractivity contribution in [3.8, 4) is 0 Å². The van der Waals surface area contributed by atoms with Crippen molar-refractivity contribution in [1.82, 2.24) is 5.32 Å². The molecule has 0 saturated carbocycles. The first-order chi connectivity index (χ1) is 9.70. The first-order valence-electron chi connectivity index (χ1n) is 7.24. The van der Waals surface area contributed by atoms with E-state index < -0.39 is 0 Å². The van der Waals surface area contributed by atoms with E-state index in [-0.39, 0.29) is 0 Å². The van der Waals surface area contributed by atoms with Gasteiger partial charge in [-0.3, -0.25) is 0 Å². The fourth-order valence-electron chi connectivity index (χ4n) is 2.30. The Morgan fingerprint density at radius 1 is 1.10 bits per heavy atom. The van der Waals surface area contributed by atoms with Gasteiger partial charge in [-0.1, -0.05) is 61.0 Å². The number of aryl methyl sites for hydroxylation is 1. The number of hydrogen-bond acceptors (Lipinski definition) is 1. The summed E-state index contributed by atoms with van der Waals surface area (Å²) in [6.07, 6.45) is 2.12. The molecule has 1 N–H and O–H groups in total. The summed E-state index contributed by atoms with van der Waals surface area (Å²) in [5.41, 5.74) is 3.74. The molecule has 0 spiro atoms. The third kappa shape index (κ3) is 4.09. The number of rotatable bonds is 6. The molecule has 0 radical (unpaired) electrons. The van der Waals surface area contributed by atoms with E-state index in [0.717, 1.165) is 30.0 Å². The van der Waals surface area contributed by atoms with Gasteiger partial charge in [-0.05, 0) is 49.1 Å². The van der Waals surface area contributed by atoms with Gasteiger partial charge in [0, 0.05) is 11.1 Å². The molecule has 2 aromatic carbocycles. The second-order valence-electron chi connectivity index (χ2n) is 5.21. The lowest BCUT2D eigenvalue weighted by Gasteiger charge is -2.20. The molecule has 0 aromatic heterocycles. The van der Waals surface area contributed by atoms with E-state index >= 15 is 0 Å². The summed E-state index contributed by atoms with van der Waals surface area (Å²) < 4.78 is 0. The number of nitrogens with one attached hydrogen (secondary N) is 1. The van der Waals surface area contributed by atoms with Crippen LogP contribution in [0, 0.1) is 6.92 Å². The summed E-state index contributed by atoms with van der Waals surface area (Å²) in [5.74, 6) is 0. The number of benzene rings is 2. The van der Waals surface area contributed by atoms with Crippen molar-refractivity contribution < 1.29 is 0 Å². The van der Waals surface area contributed by atoms with Gasteiger partial charge in [0.15, 0.2) is 0 Å². The maximum absolute atomic E-state index is 6.27. The monoisotopic (exact) mass is 287 g/mol. The lowest BCUT2D eigenvalue weighted by atomic mass is 9.98. The number of halogens is 1. The molecular weight excluding hydrogens is 266 g/mol. The van der Waals surface area contributed by atoms with Crippen LogP contribution >= 0.6 is 11.6 Å². The molecule has 0 fully saturated rings. The zero-order chi connectivity index (χ0) is 14.4. The quantitative estimate of drug-likeness (QED) is 0.794. The second kappa shape index (κ2) is 7.47. The predicted molar refractivity (Wildman–Crippen MR) is 87.4 cm³/mol. The van der Waals surface area contributed by atoms with E-state index in [0.29, 0.717) is 6.04 Å². The molecule has 1 unspecified atom stereocenters. The Kier molecular flexibility index (Phi) is 5.63. The van der Waals surface area contributed by atoms with Crippen molar-refractivity contribution in [2.24, 2.45) is 0 Å². The first-order valence-corrected chi connectivity index (χ1v) is 7.62. The van der Waals surface area contributed by atoms with Gasteiger partial charge >= 0.3 is 0 Å². The van der Waals surface area contributed by atoms with Gasteiger partial charge in [-0.15, -0.1) is 0 Å². The summed E-state index contributed by atoms with van der Waals surface area (Å²) >= 11 is 6.27. The molecule has 2 rings (SSSR count). The van der Waals surface area contributed by atoms with Gasteiger partial charge in [-0.25, -0.2) is 0 Å². The second-order valence-corrected chi connectivity index (χ2v) is 5.61. The first kappa shape index (κ1) is 15.1. The van der Waals surface area contributed by atoms with E-state index in [9.17, 15) is 0 Å². The van der Waals surface area contributed by atoms with E-state index in [4.69, 9.17) is 11.6 Å². The summed E-state index contributed by atoms with van der Waals surface area (Å²) in [6, 6.07) is 17.3. The standard InChI is InChI=1S/C18H22ClN/c1-3-11-20-18(12-15-7-5-4-6-8-15)16-10-9-14(2)17(19)13-16/h4-10,13,18,20H,3,11-12H2,1-2H3. The van der Waals surface area contributed by atoms with Crippen LogP contribution in [0.1, 0.15) is 36.1 Å². The Balaban J connectivity index is 2.20. The average molecular weight is 288 g/mol. The lowest BCUT2D eigenvalue weighted by Crippen LogP contribution is -2.24. The van der Waals surface area contributed by atoms with Gasteiger partial charge in [0.1, 0.15) is 0 Å². The Bertz CT molecular complexity index is 536. The summed E-state index contributed by atoms with van der Waals surface area (Å²) in [7, 11) is 0. The topological polar surface area (TPSA) is 12.0 Å².